The van der Waals surface area contributed by atoms with Gasteiger partial charge in [0.15, 0.2) is 0 Å². The second-order valence-corrected chi connectivity index (χ2v) is 11.6. The fraction of sp³-hybridized carbons (Fsp3) is 0.556. The molecule has 1 saturated heterocycles. The highest BCUT2D eigenvalue weighted by Gasteiger charge is 2.43. The summed E-state index contributed by atoms with van der Waals surface area (Å²) in [6, 6.07) is 1.20. The van der Waals surface area contributed by atoms with Gasteiger partial charge < -0.3 is 44.3 Å². The van der Waals surface area contributed by atoms with Gasteiger partial charge >= 0.3 is 37.0 Å². The molecule has 2 unspecified atom stereocenters. The van der Waals surface area contributed by atoms with Crippen molar-refractivity contribution in [2.24, 2.45) is 0 Å². The van der Waals surface area contributed by atoms with E-state index < -0.39 is 61.0 Å². The van der Waals surface area contributed by atoms with Gasteiger partial charge in [-0.05, 0) is 0 Å². The average molecular weight is 566 g/mol. The van der Waals surface area contributed by atoms with E-state index in [2.05, 4.69) is 17.9 Å². The summed E-state index contributed by atoms with van der Waals surface area (Å²) >= 11 is 0. The van der Waals surface area contributed by atoms with Crippen LogP contribution in [0.5, 0.6) is 0 Å². The molecule has 1 aromatic rings. The van der Waals surface area contributed by atoms with Crippen LogP contribution in [0.4, 0.5) is 0 Å². The number of H-pyrrole nitrogens is 1. The standard InChI is InChI=1S/C9H12N2O5.H6O13P4/c12-4-6-5(13)3-8(16-6)11-2-1-7(14)10-9(11)15;1-14(2,3)11-16(7,8)13-17(9,10)12-15(4,5)6/h1-2,5-6,8,12-13H,3-4H2,(H,10,14,15);(H,7,8)(H,9,10)(H2,1,2,3)(H2,4,5,6)/t5-,6+,8+;/m0./s1. The van der Waals surface area contributed by atoms with E-state index in [-0.39, 0.29) is 13.0 Å². The molecule has 5 atom stereocenters. The Bertz CT molecular complexity index is 1070. The SMILES string of the molecule is O=P(O)(O)OP(=O)(O)OP(=O)(O)OP(=O)(O)O.O=c1ccn([C@H]2C[C@H](O)[C@@H](CO)O2)c(=O)[nH]1. The Labute approximate surface area is 181 Å². The maximum absolute atomic E-state index is 11.4. The van der Waals surface area contributed by atoms with Gasteiger partial charge in [0.1, 0.15) is 12.3 Å². The molecule has 1 fully saturated rings. The number of nitrogens with one attached hydrogen (secondary N) is 1. The Kier molecular flexibility index (Phi) is 10.3. The Morgan fingerprint density at radius 2 is 1.45 bits per heavy atom. The number of ether oxygens (including phenoxy) is 1. The van der Waals surface area contributed by atoms with Gasteiger partial charge in [-0.2, -0.15) is 12.9 Å². The average Bonchev–Trinajstić information content (AvgIpc) is 2.90. The fourth-order valence-corrected chi connectivity index (χ4v) is 6.10. The monoisotopic (exact) mass is 566 g/mol. The van der Waals surface area contributed by atoms with Crippen LogP contribution < -0.4 is 11.2 Å². The molecule has 0 saturated carbocycles. The van der Waals surface area contributed by atoms with Crippen LogP contribution in [-0.2, 0) is 35.9 Å². The van der Waals surface area contributed by atoms with Crippen molar-refractivity contribution in [3.8, 4) is 0 Å². The third-order valence-corrected chi connectivity index (χ3v) is 8.17. The van der Waals surface area contributed by atoms with Crippen LogP contribution in [0.15, 0.2) is 21.9 Å². The van der Waals surface area contributed by atoms with Crippen molar-refractivity contribution in [1.29, 1.82) is 0 Å². The summed E-state index contributed by atoms with van der Waals surface area (Å²) in [5, 5.41) is 18.4. The second kappa shape index (κ2) is 11.2. The van der Waals surface area contributed by atoms with Crippen LogP contribution in [0.1, 0.15) is 12.6 Å². The maximum Gasteiger partial charge on any atom is 0.490 e. The van der Waals surface area contributed by atoms with Crippen LogP contribution in [0.25, 0.3) is 0 Å². The zero-order valence-corrected chi connectivity index (χ0v) is 19.3. The lowest BCUT2D eigenvalue weighted by Crippen LogP contribution is -2.31. The zero-order valence-electron chi connectivity index (χ0n) is 15.7. The molecule has 1 aromatic heterocycles. The first-order valence-electron chi connectivity index (χ1n) is 7.90. The predicted molar refractivity (Wildman–Crippen MR) is 99.9 cm³/mol. The van der Waals surface area contributed by atoms with Gasteiger partial charge in [-0.3, -0.25) is 14.3 Å². The van der Waals surface area contributed by atoms with Gasteiger partial charge in [-0.25, -0.2) is 23.1 Å². The molecule has 1 aliphatic heterocycles. The number of rotatable bonds is 8. The van der Waals surface area contributed by atoms with Crippen molar-refractivity contribution >= 4 is 31.3 Å². The minimum absolute atomic E-state index is 0.206. The summed E-state index contributed by atoms with van der Waals surface area (Å²) in [6.07, 6.45) is -0.649. The Hall–Kier alpha value is -0.880. The van der Waals surface area contributed by atoms with Crippen LogP contribution in [0.2, 0.25) is 0 Å². The predicted octanol–water partition coefficient (Wildman–Crippen LogP) is -2.40. The van der Waals surface area contributed by atoms with Crippen LogP contribution in [-0.4, -0.2) is 67.9 Å². The highest BCUT2D eigenvalue weighted by molar-refractivity contribution is 7.69. The number of phosphoric acid groups is 4. The number of hydrogen-bond donors (Lipinski definition) is 9. The van der Waals surface area contributed by atoms with Gasteiger partial charge in [-0.15, -0.1) is 0 Å². The summed E-state index contributed by atoms with van der Waals surface area (Å²) in [5.74, 6) is 0. The molecule has 0 amide bonds. The molecular formula is C9H18N2O18P4. The van der Waals surface area contributed by atoms with Gasteiger partial charge in [0.25, 0.3) is 5.56 Å². The van der Waals surface area contributed by atoms with Gasteiger partial charge in [-0.1, -0.05) is 0 Å². The second-order valence-electron chi connectivity index (χ2n) is 5.80. The molecule has 0 spiro atoms. The van der Waals surface area contributed by atoms with Crippen molar-refractivity contribution in [3.63, 3.8) is 0 Å². The lowest BCUT2D eigenvalue weighted by molar-refractivity contribution is -0.0459. The smallest absolute Gasteiger partial charge is 0.394 e. The molecule has 0 bridgehead atoms. The quantitative estimate of drug-likeness (QED) is 0.148. The molecule has 192 valence electrons. The van der Waals surface area contributed by atoms with E-state index >= 15 is 0 Å². The highest BCUT2D eigenvalue weighted by Crippen LogP contribution is 2.69. The molecule has 2 rings (SSSR count). The van der Waals surface area contributed by atoms with E-state index in [0.717, 1.165) is 0 Å². The topological polar surface area (TPSA) is 322 Å². The fourth-order valence-electron chi connectivity index (χ4n) is 2.13. The number of aromatic nitrogens is 2. The number of hydrogen-bond acceptors (Lipinski definition) is 12. The van der Waals surface area contributed by atoms with Crippen LogP contribution in [0, 0.1) is 0 Å². The molecule has 0 aliphatic carbocycles. The molecule has 0 aromatic carbocycles. The highest BCUT2D eigenvalue weighted by atomic mass is 31.3. The third kappa shape index (κ3) is 11.4. The minimum atomic E-state index is -5.77. The zero-order chi connectivity index (χ0) is 25.8. The first kappa shape index (κ1) is 30.2. The van der Waals surface area contributed by atoms with E-state index in [0.29, 0.717) is 0 Å². The number of aliphatic hydroxyl groups excluding tert-OH is 2. The van der Waals surface area contributed by atoms with Crippen molar-refractivity contribution in [2.45, 2.75) is 24.9 Å². The van der Waals surface area contributed by atoms with E-state index in [1.165, 1.54) is 16.8 Å². The summed E-state index contributed by atoms with van der Waals surface area (Å²) in [6.45, 7) is -0.310. The number of aliphatic hydroxyl groups is 2. The Morgan fingerprint density at radius 1 is 0.970 bits per heavy atom. The third-order valence-electron chi connectivity index (χ3n) is 3.17. The largest absolute Gasteiger partial charge is 0.490 e. The van der Waals surface area contributed by atoms with Gasteiger partial charge in [0.05, 0.1) is 12.7 Å². The Balaban J connectivity index is 0.000000330. The van der Waals surface area contributed by atoms with Crippen LogP contribution >= 0.6 is 31.3 Å². The van der Waals surface area contributed by atoms with Gasteiger partial charge in [0.2, 0.25) is 0 Å². The molecule has 24 heteroatoms. The Morgan fingerprint density at radius 3 is 1.82 bits per heavy atom. The molecule has 2 heterocycles. The lowest BCUT2D eigenvalue weighted by atomic mass is 10.2. The van der Waals surface area contributed by atoms with Crippen molar-refractivity contribution in [1.82, 2.24) is 9.55 Å². The van der Waals surface area contributed by atoms with Crippen molar-refractivity contribution in [2.75, 3.05) is 6.61 Å². The summed E-state index contributed by atoms with van der Waals surface area (Å²) in [5.41, 5.74) is -1.08. The molecule has 9 N–H and O–H groups in total. The maximum atomic E-state index is 11.4. The van der Waals surface area contributed by atoms with E-state index in [9.17, 15) is 33.0 Å². The summed E-state index contributed by atoms with van der Waals surface area (Å²) in [7, 11) is -22.6. The lowest BCUT2D eigenvalue weighted by Gasteiger charge is -2.15. The van der Waals surface area contributed by atoms with E-state index in [1.54, 1.807) is 0 Å². The van der Waals surface area contributed by atoms with E-state index in [4.69, 9.17) is 39.2 Å². The first-order chi connectivity index (χ1) is 14.7. The number of nitrogens with zero attached hydrogens (tertiary/aromatic N) is 1. The van der Waals surface area contributed by atoms with Crippen LogP contribution in [0.3, 0.4) is 0 Å². The summed E-state index contributed by atoms with van der Waals surface area (Å²) < 4.78 is 57.3. The molecule has 20 nitrogen and oxygen atoms in total. The molecular weight excluding hydrogens is 548 g/mol. The minimum Gasteiger partial charge on any atom is -0.394 e. The first-order valence-corrected chi connectivity index (χ1v) is 14.0. The molecule has 1 aliphatic rings. The number of aromatic amines is 1. The van der Waals surface area contributed by atoms with E-state index in [1.807, 2.05) is 0 Å². The normalized spacial score (nSPS) is 24.9. The van der Waals surface area contributed by atoms with Crippen molar-refractivity contribution < 1.29 is 75.5 Å². The van der Waals surface area contributed by atoms with Gasteiger partial charge in [0, 0.05) is 18.7 Å². The molecule has 0 radical (unpaired) electrons. The van der Waals surface area contributed by atoms with Crippen molar-refractivity contribution in [3.05, 3.63) is 33.1 Å². The summed E-state index contributed by atoms with van der Waals surface area (Å²) in [4.78, 5) is 73.8. The molecule has 33 heavy (non-hydrogen) atoms.